The number of rotatable bonds is 3. The standard InChI is InChI=1S/C18H14ClN5/c1-11-2-5-13(19)8-15(11)16-9-17(24-18(21)23-16)22-14-6-3-12(10-20)4-7-14/h2-9H,1H3,(H3,21,22,23,24). The average Bonchev–Trinajstić information content (AvgIpc) is 2.57. The van der Waals surface area contributed by atoms with Crippen molar-refractivity contribution in [3.63, 3.8) is 0 Å². The number of nitrogen functional groups attached to an aromatic ring is 1. The summed E-state index contributed by atoms with van der Waals surface area (Å²) in [5.74, 6) is 0.740. The highest BCUT2D eigenvalue weighted by molar-refractivity contribution is 6.30. The zero-order valence-corrected chi connectivity index (χ0v) is 13.7. The van der Waals surface area contributed by atoms with Crippen LogP contribution in [-0.2, 0) is 0 Å². The van der Waals surface area contributed by atoms with Crippen LogP contribution in [0.1, 0.15) is 11.1 Å². The second kappa shape index (κ2) is 6.57. The Morgan fingerprint density at radius 1 is 1.08 bits per heavy atom. The van der Waals surface area contributed by atoms with Crippen LogP contribution in [0.5, 0.6) is 0 Å². The number of aryl methyl sites for hydroxylation is 1. The van der Waals surface area contributed by atoms with Gasteiger partial charge in [-0.3, -0.25) is 0 Å². The molecule has 1 heterocycles. The van der Waals surface area contributed by atoms with Gasteiger partial charge in [0.15, 0.2) is 0 Å². The van der Waals surface area contributed by atoms with Gasteiger partial charge in [-0.2, -0.15) is 10.2 Å². The van der Waals surface area contributed by atoms with Crippen LogP contribution < -0.4 is 11.1 Å². The molecule has 0 amide bonds. The molecule has 24 heavy (non-hydrogen) atoms. The number of nitrogens with zero attached hydrogens (tertiary/aromatic N) is 3. The van der Waals surface area contributed by atoms with Gasteiger partial charge in [0.25, 0.3) is 0 Å². The molecule has 118 valence electrons. The first-order chi connectivity index (χ1) is 11.5. The summed E-state index contributed by atoms with van der Waals surface area (Å²) < 4.78 is 0. The zero-order chi connectivity index (χ0) is 17.1. The summed E-state index contributed by atoms with van der Waals surface area (Å²) in [6.45, 7) is 1.98. The first-order valence-electron chi connectivity index (χ1n) is 7.23. The Hall–Kier alpha value is -3.10. The maximum Gasteiger partial charge on any atom is 0.222 e. The summed E-state index contributed by atoms with van der Waals surface area (Å²) in [4.78, 5) is 8.51. The number of hydrogen-bond acceptors (Lipinski definition) is 5. The van der Waals surface area contributed by atoms with Crippen LogP contribution in [0.2, 0.25) is 5.02 Å². The molecule has 2 aromatic carbocycles. The Bertz CT molecular complexity index is 929. The first-order valence-corrected chi connectivity index (χ1v) is 7.61. The van der Waals surface area contributed by atoms with Gasteiger partial charge in [0.1, 0.15) is 5.82 Å². The number of anilines is 3. The van der Waals surface area contributed by atoms with Crippen LogP contribution in [-0.4, -0.2) is 9.97 Å². The summed E-state index contributed by atoms with van der Waals surface area (Å²) in [5, 5.41) is 12.6. The van der Waals surface area contributed by atoms with E-state index >= 15 is 0 Å². The van der Waals surface area contributed by atoms with Crippen LogP contribution in [0.25, 0.3) is 11.3 Å². The van der Waals surface area contributed by atoms with Gasteiger partial charge in [-0.15, -0.1) is 0 Å². The van der Waals surface area contributed by atoms with Crippen molar-refractivity contribution in [1.29, 1.82) is 5.26 Å². The van der Waals surface area contributed by atoms with E-state index in [1.807, 2.05) is 31.2 Å². The number of nitriles is 1. The molecule has 0 aliphatic rings. The van der Waals surface area contributed by atoms with Crippen LogP contribution in [0.3, 0.4) is 0 Å². The summed E-state index contributed by atoms with van der Waals surface area (Å²) >= 11 is 6.09. The molecule has 0 aliphatic carbocycles. The molecule has 0 saturated carbocycles. The molecule has 6 heteroatoms. The molecule has 3 N–H and O–H groups in total. The van der Waals surface area contributed by atoms with Crippen molar-refractivity contribution in [2.45, 2.75) is 6.92 Å². The number of aromatic nitrogens is 2. The first kappa shape index (κ1) is 15.8. The molecular weight excluding hydrogens is 322 g/mol. The highest BCUT2D eigenvalue weighted by atomic mass is 35.5. The van der Waals surface area contributed by atoms with E-state index in [1.54, 1.807) is 24.3 Å². The topological polar surface area (TPSA) is 87.6 Å². The van der Waals surface area contributed by atoms with E-state index in [0.29, 0.717) is 22.1 Å². The lowest BCUT2D eigenvalue weighted by Gasteiger charge is -2.10. The minimum atomic E-state index is 0.169. The van der Waals surface area contributed by atoms with Crippen molar-refractivity contribution < 1.29 is 0 Å². The predicted octanol–water partition coefficient (Wildman–Crippen LogP) is 4.30. The van der Waals surface area contributed by atoms with E-state index in [1.165, 1.54) is 0 Å². The fraction of sp³-hybridized carbons (Fsp3) is 0.0556. The molecule has 0 saturated heterocycles. The number of halogens is 1. The second-order valence-corrected chi connectivity index (χ2v) is 5.71. The van der Waals surface area contributed by atoms with Gasteiger partial charge in [0.2, 0.25) is 5.95 Å². The number of nitrogens with one attached hydrogen (secondary N) is 1. The summed E-state index contributed by atoms with van der Waals surface area (Å²) in [5.41, 5.74) is 9.89. The Labute approximate surface area is 144 Å². The number of nitrogens with two attached hydrogens (primary N) is 1. The van der Waals surface area contributed by atoms with Gasteiger partial charge >= 0.3 is 0 Å². The lowest BCUT2D eigenvalue weighted by Crippen LogP contribution is -2.02. The molecule has 0 radical (unpaired) electrons. The average molecular weight is 336 g/mol. The lowest BCUT2D eigenvalue weighted by molar-refractivity contribution is 1.18. The lowest BCUT2D eigenvalue weighted by atomic mass is 10.1. The van der Waals surface area contributed by atoms with Crippen molar-refractivity contribution in [2.24, 2.45) is 0 Å². The molecule has 3 aromatic rings. The van der Waals surface area contributed by atoms with Crippen LogP contribution in [0, 0.1) is 18.3 Å². The van der Waals surface area contributed by atoms with Gasteiger partial charge in [0, 0.05) is 22.3 Å². The molecular formula is C18H14ClN5. The van der Waals surface area contributed by atoms with Gasteiger partial charge in [-0.25, -0.2) is 4.98 Å². The van der Waals surface area contributed by atoms with E-state index in [0.717, 1.165) is 16.8 Å². The second-order valence-electron chi connectivity index (χ2n) is 5.27. The zero-order valence-electron chi connectivity index (χ0n) is 12.9. The van der Waals surface area contributed by atoms with Gasteiger partial charge in [0.05, 0.1) is 17.3 Å². The third-order valence-electron chi connectivity index (χ3n) is 3.51. The summed E-state index contributed by atoms with van der Waals surface area (Å²) in [7, 11) is 0. The van der Waals surface area contributed by atoms with Crippen molar-refractivity contribution in [2.75, 3.05) is 11.1 Å². The highest BCUT2D eigenvalue weighted by Gasteiger charge is 2.09. The fourth-order valence-corrected chi connectivity index (χ4v) is 2.49. The van der Waals surface area contributed by atoms with E-state index in [9.17, 15) is 0 Å². The third kappa shape index (κ3) is 3.45. The molecule has 0 fully saturated rings. The summed E-state index contributed by atoms with van der Waals surface area (Å²) in [6, 6.07) is 16.6. The van der Waals surface area contributed by atoms with Gasteiger partial charge in [-0.05, 0) is 48.9 Å². The molecule has 5 nitrogen and oxygen atoms in total. The van der Waals surface area contributed by atoms with E-state index in [4.69, 9.17) is 22.6 Å². The van der Waals surface area contributed by atoms with Crippen LogP contribution in [0.4, 0.5) is 17.5 Å². The normalized spacial score (nSPS) is 10.2. The van der Waals surface area contributed by atoms with E-state index in [2.05, 4.69) is 21.4 Å². The van der Waals surface area contributed by atoms with Crippen molar-refractivity contribution >= 4 is 29.1 Å². The number of hydrogen-bond donors (Lipinski definition) is 2. The third-order valence-corrected chi connectivity index (χ3v) is 3.74. The SMILES string of the molecule is Cc1ccc(Cl)cc1-c1cc(Nc2ccc(C#N)cc2)nc(N)n1. The molecule has 1 aromatic heterocycles. The van der Waals surface area contributed by atoms with E-state index < -0.39 is 0 Å². The quantitative estimate of drug-likeness (QED) is 0.745. The van der Waals surface area contributed by atoms with Crippen molar-refractivity contribution in [3.8, 4) is 17.3 Å². The molecule has 0 atom stereocenters. The minimum absolute atomic E-state index is 0.169. The monoisotopic (exact) mass is 335 g/mol. The van der Waals surface area contributed by atoms with Crippen molar-refractivity contribution in [3.05, 3.63) is 64.7 Å². The van der Waals surface area contributed by atoms with Crippen molar-refractivity contribution in [1.82, 2.24) is 9.97 Å². The molecule has 0 spiro atoms. The van der Waals surface area contributed by atoms with Crippen LogP contribution >= 0.6 is 11.6 Å². The van der Waals surface area contributed by atoms with E-state index in [-0.39, 0.29) is 5.95 Å². The minimum Gasteiger partial charge on any atom is -0.368 e. The van der Waals surface area contributed by atoms with Crippen LogP contribution in [0.15, 0.2) is 48.5 Å². The molecule has 0 unspecified atom stereocenters. The summed E-state index contributed by atoms with van der Waals surface area (Å²) in [6.07, 6.45) is 0. The Morgan fingerprint density at radius 2 is 1.83 bits per heavy atom. The molecule has 0 aliphatic heterocycles. The fourth-order valence-electron chi connectivity index (χ4n) is 2.31. The van der Waals surface area contributed by atoms with Gasteiger partial charge in [-0.1, -0.05) is 17.7 Å². The Kier molecular flexibility index (Phi) is 4.32. The molecule has 0 bridgehead atoms. The highest BCUT2D eigenvalue weighted by Crippen LogP contribution is 2.28. The Balaban J connectivity index is 1.96. The Morgan fingerprint density at radius 3 is 2.54 bits per heavy atom. The maximum absolute atomic E-state index is 8.85. The smallest absolute Gasteiger partial charge is 0.222 e. The molecule has 3 rings (SSSR count). The van der Waals surface area contributed by atoms with Gasteiger partial charge < -0.3 is 11.1 Å². The largest absolute Gasteiger partial charge is 0.368 e. The predicted molar refractivity (Wildman–Crippen MR) is 96.1 cm³/mol. The number of benzene rings is 2. The maximum atomic E-state index is 8.85.